The summed E-state index contributed by atoms with van der Waals surface area (Å²) in [6, 6.07) is 12.0. The molecule has 0 amide bonds. The van der Waals surface area contributed by atoms with Crippen LogP contribution < -0.4 is 5.56 Å². The molecule has 0 bridgehead atoms. The molecule has 6 nitrogen and oxygen atoms in total. The van der Waals surface area contributed by atoms with Crippen molar-refractivity contribution < 1.29 is 13.2 Å². The first-order chi connectivity index (χ1) is 13.9. The first kappa shape index (κ1) is 19.2. The van der Waals surface area contributed by atoms with E-state index < -0.39 is 11.7 Å². The van der Waals surface area contributed by atoms with Crippen LogP contribution >= 0.6 is 11.8 Å². The molecule has 0 saturated heterocycles. The summed E-state index contributed by atoms with van der Waals surface area (Å²) < 4.78 is 40.1. The molecule has 0 aliphatic heterocycles. The Balaban J connectivity index is 1.44. The van der Waals surface area contributed by atoms with E-state index in [9.17, 15) is 18.0 Å². The lowest BCUT2D eigenvalue weighted by molar-refractivity contribution is -0.137. The number of thioether (sulfide) groups is 1. The minimum Gasteiger partial charge on any atom is -0.298 e. The fraction of sp³-hybridized carbons (Fsp3) is 0.158. The first-order valence-electron chi connectivity index (χ1n) is 8.59. The fourth-order valence-corrected chi connectivity index (χ4v) is 3.52. The molecular formula is C19H14F3N5OS. The third-order valence-electron chi connectivity index (χ3n) is 4.22. The van der Waals surface area contributed by atoms with Gasteiger partial charge in [0.2, 0.25) is 5.16 Å². The quantitative estimate of drug-likeness (QED) is 0.497. The Morgan fingerprint density at radius 3 is 2.76 bits per heavy atom. The highest BCUT2D eigenvalue weighted by atomic mass is 32.2. The average Bonchev–Trinajstić information content (AvgIpc) is 3.18. The molecule has 4 aromatic rings. The number of nitrogens with zero attached hydrogens (tertiary/aromatic N) is 4. The number of halogens is 3. The number of hydrogen-bond donors (Lipinski definition) is 1. The zero-order valence-corrected chi connectivity index (χ0v) is 15.7. The van der Waals surface area contributed by atoms with Crippen LogP contribution in [0.15, 0.2) is 64.8 Å². The molecular weight excluding hydrogens is 403 g/mol. The van der Waals surface area contributed by atoms with Crippen LogP contribution in [0.4, 0.5) is 13.2 Å². The number of fused-ring (bicyclic) bond motifs is 1. The van der Waals surface area contributed by atoms with Crippen LogP contribution in [0.25, 0.3) is 22.3 Å². The van der Waals surface area contributed by atoms with Crippen LogP contribution in [0.3, 0.4) is 0 Å². The van der Waals surface area contributed by atoms with Crippen molar-refractivity contribution in [1.29, 1.82) is 0 Å². The second-order valence-electron chi connectivity index (χ2n) is 6.15. The Kier molecular flexibility index (Phi) is 5.10. The Labute approximate surface area is 166 Å². The van der Waals surface area contributed by atoms with Gasteiger partial charge >= 0.3 is 6.18 Å². The van der Waals surface area contributed by atoms with Gasteiger partial charge in [0, 0.05) is 17.9 Å². The number of aryl methyl sites for hydroxylation is 1. The largest absolute Gasteiger partial charge is 0.416 e. The number of para-hydroxylation sites is 1. The number of aromatic amines is 1. The van der Waals surface area contributed by atoms with Crippen molar-refractivity contribution in [3.05, 3.63) is 70.8 Å². The standard InChI is InChI=1S/C19H14F3N5OS/c20-19(21,22)13-5-3-4-12(10-13)16-24-18(26-25-16)29-9-8-27-11-23-15-7-2-1-6-14(15)17(27)28/h1-7,10-11H,8-9H2,(H,24,25,26). The molecule has 2 aromatic carbocycles. The summed E-state index contributed by atoms with van der Waals surface area (Å²) in [6.45, 7) is 0.398. The summed E-state index contributed by atoms with van der Waals surface area (Å²) >= 11 is 1.29. The third kappa shape index (κ3) is 4.16. The van der Waals surface area contributed by atoms with Crippen LogP contribution in [-0.4, -0.2) is 30.5 Å². The number of benzene rings is 2. The smallest absolute Gasteiger partial charge is 0.298 e. The van der Waals surface area contributed by atoms with Gasteiger partial charge in [-0.15, -0.1) is 5.10 Å². The third-order valence-corrected chi connectivity index (χ3v) is 5.05. The lowest BCUT2D eigenvalue weighted by Gasteiger charge is -2.07. The molecule has 0 aliphatic rings. The van der Waals surface area contributed by atoms with E-state index in [-0.39, 0.29) is 11.4 Å². The van der Waals surface area contributed by atoms with Gasteiger partial charge in [0.25, 0.3) is 5.56 Å². The Morgan fingerprint density at radius 1 is 1.10 bits per heavy atom. The van der Waals surface area contributed by atoms with E-state index in [4.69, 9.17) is 0 Å². The maximum atomic E-state index is 12.9. The number of alkyl halides is 3. The summed E-state index contributed by atoms with van der Waals surface area (Å²) in [6.07, 6.45) is -2.92. The molecule has 2 aromatic heterocycles. The van der Waals surface area contributed by atoms with Crippen molar-refractivity contribution in [2.75, 3.05) is 5.75 Å². The van der Waals surface area contributed by atoms with Gasteiger partial charge in [-0.2, -0.15) is 13.2 Å². The number of nitrogens with one attached hydrogen (secondary N) is 1. The van der Waals surface area contributed by atoms with E-state index in [1.54, 1.807) is 18.2 Å². The molecule has 0 aliphatic carbocycles. The van der Waals surface area contributed by atoms with Crippen LogP contribution in [0, 0.1) is 0 Å². The predicted octanol–water partition coefficient (Wildman–Crippen LogP) is 3.99. The van der Waals surface area contributed by atoms with Gasteiger partial charge in [0.15, 0.2) is 5.82 Å². The lowest BCUT2D eigenvalue weighted by Crippen LogP contribution is -2.21. The van der Waals surface area contributed by atoms with Crippen molar-refractivity contribution in [3.8, 4) is 11.4 Å². The highest BCUT2D eigenvalue weighted by molar-refractivity contribution is 7.99. The highest BCUT2D eigenvalue weighted by Gasteiger charge is 2.30. The van der Waals surface area contributed by atoms with Crippen molar-refractivity contribution >= 4 is 22.7 Å². The SMILES string of the molecule is O=c1c2ccccc2ncn1CCSc1n[nH]c(-c2cccc(C(F)(F)F)c2)n1. The second-order valence-corrected chi connectivity index (χ2v) is 7.22. The van der Waals surface area contributed by atoms with Crippen LogP contribution in [0.1, 0.15) is 5.56 Å². The normalized spacial score (nSPS) is 11.8. The molecule has 0 fully saturated rings. The molecule has 0 atom stereocenters. The zero-order chi connectivity index (χ0) is 20.4. The summed E-state index contributed by atoms with van der Waals surface area (Å²) in [5.74, 6) is 0.753. The van der Waals surface area contributed by atoms with Gasteiger partial charge in [0.1, 0.15) is 0 Å². The van der Waals surface area contributed by atoms with Crippen LogP contribution in [-0.2, 0) is 12.7 Å². The molecule has 4 rings (SSSR count). The molecule has 0 spiro atoms. The maximum Gasteiger partial charge on any atom is 0.416 e. The Hall–Kier alpha value is -3.14. The predicted molar refractivity (Wildman–Crippen MR) is 104 cm³/mol. The van der Waals surface area contributed by atoms with E-state index in [1.165, 1.54) is 34.8 Å². The van der Waals surface area contributed by atoms with Crippen molar-refractivity contribution in [2.45, 2.75) is 17.9 Å². The monoisotopic (exact) mass is 417 g/mol. The van der Waals surface area contributed by atoms with Crippen LogP contribution in [0.2, 0.25) is 0 Å². The van der Waals surface area contributed by atoms with Gasteiger partial charge in [-0.05, 0) is 24.3 Å². The first-order valence-corrected chi connectivity index (χ1v) is 9.57. The van der Waals surface area contributed by atoms with E-state index in [0.29, 0.717) is 33.9 Å². The maximum absolute atomic E-state index is 12.9. The second kappa shape index (κ2) is 7.70. The minimum atomic E-state index is -4.42. The lowest BCUT2D eigenvalue weighted by atomic mass is 10.1. The molecule has 0 radical (unpaired) electrons. The topological polar surface area (TPSA) is 76.5 Å². The van der Waals surface area contributed by atoms with E-state index in [0.717, 1.165) is 12.1 Å². The Morgan fingerprint density at radius 2 is 1.93 bits per heavy atom. The number of hydrogen-bond acceptors (Lipinski definition) is 5. The van der Waals surface area contributed by atoms with Gasteiger partial charge in [-0.25, -0.2) is 9.97 Å². The molecule has 1 N–H and O–H groups in total. The van der Waals surface area contributed by atoms with E-state index in [2.05, 4.69) is 20.2 Å². The molecule has 2 heterocycles. The summed E-state index contributed by atoms with van der Waals surface area (Å²) in [5.41, 5.74) is 0.0647. The van der Waals surface area contributed by atoms with Gasteiger partial charge in [-0.3, -0.25) is 14.5 Å². The molecule has 0 unspecified atom stereocenters. The van der Waals surface area contributed by atoms with E-state index in [1.807, 2.05) is 6.07 Å². The molecule has 10 heteroatoms. The van der Waals surface area contributed by atoms with Gasteiger partial charge < -0.3 is 0 Å². The zero-order valence-electron chi connectivity index (χ0n) is 14.8. The number of rotatable bonds is 5. The number of H-pyrrole nitrogens is 1. The van der Waals surface area contributed by atoms with E-state index >= 15 is 0 Å². The number of aromatic nitrogens is 5. The molecule has 148 valence electrons. The molecule has 0 saturated carbocycles. The average molecular weight is 417 g/mol. The van der Waals surface area contributed by atoms with Gasteiger partial charge in [-0.1, -0.05) is 36.0 Å². The van der Waals surface area contributed by atoms with Crippen LogP contribution in [0.5, 0.6) is 0 Å². The van der Waals surface area contributed by atoms with Crippen molar-refractivity contribution in [3.63, 3.8) is 0 Å². The Bertz CT molecular complexity index is 1220. The highest BCUT2D eigenvalue weighted by Crippen LogP contribution is 2.31. The van der Waals surface area contributed by atoms with Crippen molar-refractivity contribution in [2.24, 2.45) is 0 Å². The summed E-state index contributed by atoms with van der Waals surface area (Å²) in [4.78, 5) is 21.0. The van der Waals surface area contributed by atoms with Gasteiger partial charge in [0.05, 0.1) is 22.8 Å². The van der Waals surface area contributed by atoms with Crippen molar-refractivity contribution in [1.82, 2.24) is 24.7 Å². The summed E-state index contributed by atoms with van der Waals surface area (Å²) in [5, 5.41) is 7.62. The fourth-order valence-electron chi connectivity index (χ4n) is 2.78. The minimum absolute atomic E-state index is 0.129. The summed E-state index contributed by atoms with van der Waals surface area (Å²) in [7, 11) is 0. The molecule has 29 heavy (non-hydrogen) atoms.